The fraction of sp³-hybridized carbons (Fsp3) is 0.312. The molecule has 0 saturated carbocycles. The molecule has 102 valence electrons. The summed E-state index contributed by atoms with van der Waals surface area (Å²) in [7, 11) is 0. The van der Waals surface area contributed by atoms with Gasteiger partial charge in [0, 0.05) is 18.4 Å². The van der Waals surface area contributed by atoms with Gasteiger partial charge >= 0.3 is 0 Å². The Balaban J connectivity index is 1.75. The zero-order valence-corrected chi connectivity index (χ0v) is 12.1. The Hall–Kier alpha value is -1.81. The van der Waals surface area contributed by atoms with Gasteiger partial charge in [0.05, 0.1) is 16.6 Å². The quantitative estimate of drug-likeness (QED) is 0.832. The Bertz CT molecular complexity index is 650. The lowest BCUT2D eigenvalue weighted by Gasteiger charge is -2.37. The summed E-state index contributed by atoms with van der Waals surface area (Å²) in [5.74, 6) is 1.02. The molecule has 0 fully saturated rings. The van der Waals surface area contributed by atoms with Crippen LogP contribution < -0.4 is 4.74 Å². The number of hydrogen-bond donors (Lipinski definition) is 0. The van der Waals surface area contributed by atoms with Crippen LogP contribution in [-0.4, -0.2) is 16.9 Å². The molecule has 4 rings (SSSR count). The SMILES string of the molecule is CC[C@@H]1Oc2ccccc2[C@@H]2CC(c3cccs3)=NN12. The van der Waals surface area contributed by atoms with Crippen molar-refractivity contribution in [1.82, 2.24) is 5.01 Å². The van der Waals surface area contributed by atoms with Gasteiger partial charge in [-0.3, -0.25) is 5.01 Å². The van der Waals surface area contributed by atoms with Gasteiger partial charge in [0.25, 0.3) is 0 Å². The van der Waals surface area contributed by atoms with Crippen LogP contribution in [0.25, 0.3) is 0 Å². The van der Waals surface area contributed by atoms with E-state index in [-0.39, 0.29) is 6.23 Å². The first-order valence-electron chi connectivity index (χ1n) is 7.02. The number of benzene rings is 1. The molecule has 1 aromatic carbocycles. The van der Waals surface area contributed by atoms with Crippen LogP contribution in [0.5, 0.6) is 5.75 Å². The highest BCUT2D eigenvalue weighted by molar-refractivity contribution is 7.12. The second-order valence-electron chi connectivity index (χ2n) is 5.14. The maximum Gasteiger partial charge on any atom is 0.187 e. The standard InChI is InChI=1S/C16H16N2OS/c1-2-16-18-13(11-6-3-4-7-14(11)19-16)10-12(17-18)15-8-5-9-20-15/h3-9,13,16H,2,10H2,1H3/t13-,16-/m0/s1. The number of hydrazone groups is 1. The van der Waals surface area contributed by atoms with E-state index in [1.807, 2.05) is 6.07 Å². The summed E-state index contributed by atoms with van der Waals surface area (Å²) in [6.45, 7) is 2.15. The summed E-state index contributed by atoms with van der Waals surface area (Å²) in [6, 6.07) is 12.9. The highest BCUT2D eigenvalue weighted by Crippen LogP contribution is 2.43. The molecule has 3 nitrogen and oxygen atoms in total. The molecular formula is C16H16N2OS. The van der Waals surface area contributed by atoms with Crippen molar-refractivity contribution in [3.63, 3.8) is 0 Å². The van der Waals surface area contributed by atoms with Gasteiger partial charge in [-0.15, -0.1) is 11.3 Å². The van der Waals surface area contributed by atoms with Crippen molar-refractivity contribution in [2.75, 3.05) is 0 Å². The molecule has 0 amide bonds. The summed E-state index contributed by atoms with van der Waals surface area (Å²) < 4.78 is 6.08. The molecule has 0 spiro atoms. The van der Waals surface area contributed by atoms with Crippen LogP contribution in [0.3, 0.4) is 0 Å². The number of thiophene rings is 1. The fourth-order valence-electron chi connectivity index (χ4n) is 2.97. The molecule has 0 N–H and O–H groups in total. The average molecular weight is 284 g/mol. The van der Waals surface area contributed by atoms with Crippen LogP contribution in [0.1, 0.15) is 36.2 Å². The number of ether oxygens (including phenoxy) is 1. The van der Waals surface area contributed by atoms with Crippen LogP contribution in [-0.2, 0) is 0 Å². The van der Waals surface area contributed by atoms with Gasteiger partial charge in [-0.25, -0.2) is 0 Å². The zero-order chi connectivity index (χ0) is 13.5. The van der Waals surface area contributed by atoms with Crippen molar-refractivity contribution in [1.29, 1.82) is 0 Å². The molecule has 2 aromatic rings. The van der Waals surface area contributed by atoms with Crippen LogP contribution in [0, 0.1) is 0 Å². The number of rotatable bonds is 2. The third-order valence-electron chi connectivity index (χ3n) is 3.93. The van der Waals surface area contributed by atoms with E-state index < -0.39 is 0 Å². The lowest BCUT2D eigenvalue weighted by Crippen LogP contribution is -2.39. The first-order chi connectivity index (χ1) is 9.86. The van der Waals surface area contributed by atoms with Gasteiger partial charge in [0.15, 0.2) is 6.23 Å². The third-order valence-corrected chi connectivity index (χ3v) is 4.85. The average Bonchev–Trinajstić information content (AvgIpc) is 3.15. The minimum absolute atomic E-state index is 0.0485. The number of fused-ring (bicyclic) bond motifs is 3. The zero-order valence-electron chi connectivity index (χ0n) is 11.3. The molecule has 0 aliphatic carbocycles. The van der Waals surface area contributed by atoms with Crippen LogP contribution in [0.4, 0.5) is 0 Å². The largest absolute Gasteiger partial charge is 0.469 e. The Morgan fingerprint density at radius 1 is 1.30 bits per heavy atom. The van der Waals surface area contributed by atoms with Gasteiger partial charge in [0.1, 0.15) is 5.75 Å². The van der Waals surface area contributed by atoms with Crippen LogP contribution in [0.2, 0.25) is 0 Å². The molecule has 1 aromatic heterocycles. The lowest BCUT2D eigenvalue weighted by molar-refractivity contribution is -0.0188. The van der Waals surface area contributed by atoms with Crippen LogP contribution >= 0.6 is 11.3 Å². The summed E-state index contributed by atoms with van der Waals surface area (Å²) in [5, 5.41) is 9.10. The Labute approximate surface area is 122 Å². The van der Waals surface area contributed by atoms with Crippen molar-refractivity contribution in [2.45, 2.75) is 32.0 Å². The number of hydrogen-bond acceptors (Lipinski definition) is 4. The molecule has 4 heteroatoms. The molecule has 0 saturated heterocycles. The third kappa shape index (κ3) is 1.75. The highest BCUT2D eigenvalue weighted by atomic mass is 32.1. The first-order valence-corrected chi connectivity index (χ1v) is 7.90. The van der Waals surface area contributed by atoms with E-state index in [1.165, 1.54) is 16.2 Å². The maximum absolute atomic E-state index is 6.08. The predicted molar refractivity (Wildman–Crippen MR) is 81.2 cm³/mol. The molecule has 3 heterocycles. The van der Waals surface area contributed by atoms with E-state index in [4.69, 9.17) is 9.84 Å². The lowest BCUT2D eigenvalue weighted by atomic mass is 9.98. The molecular weight excluding hydrogens is 268 g/mol. The van der Waals surface area contributed by atoms with Gasteiger partial charge in [-0.1, -0.05) is 31.2 Å². The van der Waals surface area contributed by atoms with Crippen LogP contribution in [0.15, 0.2) is 46.9 Å². The summed E-state index contributed by atoms with van der Waals surface area (Å²) in [4.78, 5) is 1.27. The second kappa shape index (κ2) is 4.63. The van der Waals surface area contributed by atoms with Crippen molar-refractivity contribution >= 4 is 17.0 Å². The maximum atomic E-state index is 6.08. The Morgan fingerprint density at radius 2 is 2.20 bits per heavy atom. The minimum Gasteiger partial charge on any atom is -0.469 e. The minimum atomic E-state index is 0.0485. The van der Waals surface area contributed by atoms with Gasteiger partial charge in [-0.05, 0) is 17.5 Å². The highest BCUT2D eigenvalue weighted by Gasteiger charge is 2.39. The van der Waals surface area contributed by atoms with Gasteiger partial charge in [-0.2, -0.15) is 5.10 Å². The van der Waals surface area contributed by atoms with E-state index in [2.05, 4.69) is 47.6 Å². The molecule has 2 atom stereocenters. The normalized spacial score (nSPS) is 23.9. The van der Waals surface area contributed by atoms with Gasteiger partial charge < -0.3 is 4.74 Å². The second-order valence-corrected chi connectivity index (χ2v) is 6.09. The van der Waals surface area contributed by atoms with Gasteiger partial charge in [0.2, 0.25) is 0 Å². The molecule has 0 bridgehead atoms. The van der Waals surface area contributed by atoms with Crippen molar-refractivity contribution in [3.8, 4) is 5.75 Å². The van der Waals surface area contributed by atoms with E-state index in [0.29, 0.717) is 6.04 Å². The van der Waals surface area contributed by atoms with Crippen molar-refractivity contribution < 1.29 is 4.74 Å². The smallest absolute Gasteiger partial charge is 0.187 e. The number of nitrogens with zero attached hydrogens (tertiary/aromatic N) is 2. The van der Waals surface area contributed by atoms with E-state index >= 15 is 0 Å². The number of para-hydroxylation sites is 1. The molecule has 2 aliphatic heterocycles. The topological polar surface area (TPSA) is 24.8 Å². The van der Waals surface area contributed by atoms with E-state index in [1.54, 1.807) is 11.3 Å². The molecule has 2 aliphatic rings. The fourth-order valence-corrected chi connectivity index (χ4v) is 3.69. The first kappa shape index (κ1) is 12.0. The Morgan fingerprint density at radius 3 is 3.00 bits per heavy atom. The Kier molecular flexibility index (Phi) is 2.77. The molecule has 0 radical (unpaired) electrons. The summed E-state index contributed by atoms with van der Waals surface area (Å²) >= 11 is 1.76. The molecule has 0 unspecified atom stereocenters. The monoisotopic (exact) mass is 284 g/mol. The summed E-state index contributed by atoms with van der Waals surface area (Å²) in [5.41, 5.74) is 2.44. The van der Waals surface area contributed by atoms with Crippen molar-refractivity contribution in [3.05, 3.63) is 52.2 Å². The predicted octanol–water partition coefficient (Wildman–Crippen LogP) is 4.03. The summed E-state index contributed by atoms with van der Waals surface area (Å²) in [6.07, 6.45) is 1.95. The van der Waals surface area contributed by atoms with Crippen molar-refractivity contribution in [2.24, 2.45) is 5.10 Å². The van der Waals surface area contributed by atoms with E-state index in [9.17, 15) is 0 Å². The molecule has 20 heavy (non-hydrogen) atoms. The van der Waals surface area contributed by atoms with E-state index in [0.717, 1.165) is 18.6 Å².